The van der Waals surface area contributed by atoms with Crippen LogP contribution in [0.25, 0.3) is 20.8 Å². The van der Waals surface area contributed by atoms with Gasteiger partial charge in [0.25, 0.3) is 0 Å². The average Bonchev–Trinajstić information content (AvgIpc) is 3.18. The molecule has 2 atom stereocenters. The highest BCUT2D eigenvalue weighted by molar-refractivity contribution is 7.21. The van der Waals surface area contributed by atoms with Crippen LogP contribution in [0.2, 0.25) is 0 Å². The molecule has 30 heavy (non-hydrogen) atoms. The molecule has 2 unspecified atom stereocenters. The van der Waals surface area contributed by atoms with Gasteiger partial charge in [-0.15, -0.1) is 11.3 Å². The van der Waals surface area contributed by atoms with Gasteiger partial charge in [-0.1, -0.05) is 12.1 Å². The molecule has 0 aliphatic heterocycles. The molecule has 0 bridgehead atoms. The quantitative estimate of drug-likeness (QED) is 0.445. The van der Waals surface area contributed by atoms with Crippen LogP contribution in [0.3, 0.4) is 0 Å². The molecule has 2 aromatic heterocycles. The molecule has 152 valence electrons. The average molecular weight is 417 g/mol. The fourth-order valence-corrected chi connectivity index (χ4v) is 4.35. The largest absolute Gasteiger partial charge is 0.325 e. The lowest BCUT2D eigenvalue weighted by molar-refractivity contribution is -0.117. The van der Waals surface area contributed by atoms with Crippen molar-refractivity contribution in [2.75, 3.05) is 5.32 Å². The van der Waals surface area contributed by atoms with Gasteiger partial charge in [0.15, 0.2) is 0 Å². The third-order valence-electron chi connectivity index (χ3n) is 5.02. The van der Waals surface area contributed by atoms with Crippen LogP contribution in [-0.4, -0.2) is 21.9 Å². The van der Waals surface area contributed by atoms with Crippen molar-refractivity contribution >= 4 is 33.1 Å². The van der Waals surface area contributed by atoms with E-state index in [0.717, 1.165) is 27.3 Å². The summed E-state index contributed by atoms with van der Waals surface area (Å²) in [5.74, 6) is -0.0750. The maximum Gasteiger partial charge on any atom is 0.241 e. The highest BCUT2D eigenvalue weighted by Gasteiger charge is 2.16. The minimum absolute atomic E-state index is 0.0319. The molecule has 5 nitrogen and oxygen atoms in total. The minimum atomic E-state index is -0.340. The van der Waals surface area contributed by atoms with Crippen molar-refractivity contribution in [3.05, 3.63) is 78.1 Å². The Bertz CT molecular complexity index is 1160. The van der Waals surface area contributed by atoms with Crippen molar-refractivity contribution in [3.63, 3.8) is 0 Å². The third-order valence-corrected chi connectivity index (χ3v) is 6.09. The van der Waals surface area contributed by atoms with E-state index in [-0.39, 0.29) is 18.0 Å². The van der Waals surface area contributed by atoms with E-state index in [1.807, 2.05) is 56.4 Å². The van der Waals surface area contributed by atoms with Crippen LogP contribution < -0.4 is 10.6 Å². The zero-order valence-electron chi connectivity index (χ0n) is 17.2. The molecular formula is C24H24N4OS. The number of aryl methyl sites for hydroxylation is 1. The molecule has 0 spiro atoms. The highest BCUT2D eigenvalue weighted by atomic mass is 32.1. The van der Waals surface area contributed by atoms with Crippen molar-refractivity contribution < 1.29 is 4.79 Å². The van der Waals surface area contributed by atoms with E-state index in [4.69, 9.17) is 4.98 Å². The number of aromatic nitrogens is 2. The van der Waals surface area contributed by atoms with Crippen molar-refractivity contribution in [2.45, 2.75) is 32.9 Å². The van der Waals surface area contributed by atoms with Gasteiger partial charge < -0.3 is 5.32 Å². The molecule has 6 heteroatoms. The molecule has 4 aromatic rings. The van der Waals surface area contributed by atoms with Crippen LogP contribution in [-0.2, 0) is 4.79 Å². The second kappa shape index (κ2) is 8.73. The van der Waals surface area contributed by atoms with Crippen LogP contribution in [0.15, 0.2) is 67.0 Å². The van der Waals surface area contributed by atoms with E-state index in [1.54, 1.807) is 17.5 Å². The lowest BCUT2D eigenvalue weighted by atomic mass is 10.1. The summed E-state index contributed by atoms with van der Waals surface area (Å²) in [6.07, 6.45) is 3.55. The summed E-state index contributed by atoms with van der Waals surface area (Å²) in [5.41, 5.74) is 5.11. The SMILES string of the molecule is Cc1ccc2nc(-c3ccc(NC(=O)C(C)NC(C)c4cccnc4)cc3)sc2c1. The van der Waals surface area contributed by atoms with Crippen LogP contribution in [0.4, 0.5) is 5.69 Å². The molecular weight excluding hydrogens is 392 g/mol. The Morgan fingerprint density at radius 2 is 1.87 bits per heavy atom. The number of nitrogens with one attached hydrogen (secondary N) is 2. The van der Waals surface area contributed by atoms with Gasteiger partial charge in [-0.3, -0.25) is 15.1 Å². The van der Waals surface area contributed by atoms with Gasteiger partial charge in [0.1, 0.15) is 5.01 Å². The van der Waals surface area contributed by atoms with Crippen LogP contribution >= 0.6 is 11.3 Å². The molecule has 2 aromatic carbocycles. The Morgan fingerprint density at radius 1 is 1.07 bits per heavy atom. The topological polar surface area (TPSA) is 66.9 Å². The molecule has 2 heterocycles. The van der Waals surface area contributed by atoms with E-state index in [2.05, 4.69) is 40.7 Å². The highest BCUT2D eigenvalue weighted by Crippen LogP contribution is 2.31. The predicted molar refractivity (Wildman–Crippen MR) is 124 cm³/mol. The Balaban J connectivity index is 1.40. The fraction of sp³-hybridized carbons (Fsp3) is 0.208. The van der Waals surface area contributed by atoms with E-state index >= 15 is 0 Å². The first-order valence-electron chi connectivity index (χ1n) is 9.94. The summed E-state index contributed by atoms with van der Waals surface area (Å²) >= 11 is 1.68. The lowest BCUT2D eigenvalue weighted by Gasteiger charge is -2.19. The van der Waals surface area contributed by atoms with Gasteiger partial charge in [0.05, 0.1) is 16.3 Å². The Hall–Kier alpha value is -3.09. The molecule has 0 saturated heterocycles. The minimum Gasteiger partial charge on any atom is -0.325 e. The second-order valence-corrected chi connectivity index (χ2v) is 8.48. The molecule has 0 fully saturated rings. The van der Waals surface area contributed by atoms with Crippen molar-refractivity contribution in [1.82, 2.24) is 15.3 Å². The number of hydrogen-bond donors (Lipinski definition) is 2. The number of rotatable bonds is 6. The first-order chi connectivity index (χ1) is 14.5. The fourth-order valence-electron chi connectivity index (χ4n) is 3.28. The zero-order chi connectivity index (χ0) is 21.1. The predicted octanol–water partition coefficient (Wildman–Crippen LogP) is 5.34. The first kappa shape index (κ1) is 20.2. The van der Waals surface area contributed by atoms with Gasteiger partial charge in [0.2, 0.25) is 5.91 Å². The van der Waals surface area contributed by atoms with E-state index < -0.39 is 0 Å². The summed E-state index contributed by atoms with van der Waals surface area (Å²) in [6, 6.07) is 17.7. The van der Waals surface area contributed by atoms with E-state index in [0.29, 0.717) is 0 Å². The zero-order valence-corrected chi connectivity index (χ0v) is 18.0. The molecule has 0 radical (unpaired) electrons. The Kier molecular flexibility index (Phi) is 5.88. The summed E-state index contributed by atoms with van der Waals surface area (Å²) in [7, 11) is 0. The number of fused-ring (bicyclic) bond motifs is 1. The van der Waals surface area contributed by atoms with Crippen LogP contribution in [0.1, 0.15) is 31.0 Å². The summed E-state index contributed by atoms with van der Waals surface area (Å²) in [4.78, 5) is 21.4. The smallest absolute Gasteiger partial charge is 0.241 e. The molecule has 4 rings (SSSR count). The summed E-state index contributed by atoms with van der Waals surface area (Å²) < 4.78 is 1.19. The Morgan fingerprint density at radius 3 is 2.60 bits per heavy atom. The number of carbonyl (C=O) groups is 1. The van der Waals surface area contributed by atoms with Crippen molar-refractivity contribution in [1.29, 1.82) is 0 Å². The second-order valence-electron chi connectivity index (χ2n) is 7.45. The summed E-state index contributed by atoms with van der Waals surface area (Å²) in [5, 5.41) is 7.27. The summed E-state index contributed by atoms with van der Waals surface area (Å²) in [6.45, 7) is 5.97. The Labute approximate surface area is 180 Å². The number of anilines is 1. The first-order valence-corrected chi connectivity index (χ1v) is 10.8. The molecule has 1 amide bonds. The molecule has 2 N–H and O–H groups in total. The van der Waals surface area contributed by atoms with Crippen LogP contribution in [0.5, 0.6) is 0 Å². The van der Waals surface area contributed by atoms with Gasteiger partial charge >= 0.3 is 0 Å². The third kappa shape index (κ3) is 4.56. The van der Waals surface area contributed by atoms with Crippen molar-refractivity contribution in [3.8, 4) is 10.6 Å². The normalized spacial score (nSPS) is 13.2. The number of pyridine rings is 1. The molecule has 0 aliphatic rings. The number of hydrogen-bond acceptors (Lipinski definition) is 5. The maximum absolute atomic E-state index is 12.6. The van der Waals surface area contributed by atoms with Crippen molar-refractivity contribution in [2.24, 2.45) is 0 Å². The number of thiazole rings is 1. The molecule has 0 aliphatic carbocycles. The van der Waals surface area contributed by atoms with E-state index in [9.17, 15) is 4.79 Å². The van der Waals surface area contributed by atoms with Crippen LogP contribution in [0, 0.1) is 6.92 Å². The number of carbonyl (C=O) groups excluding carboxylic acids is 1. The van der Waals surface area contributed by atoms with E-state index in [1.165, 1.54) is 10.3 Å². The lowest BCUT2D eigenvalue weighted by Crippen LogP contribution is -2.39. The monoisotopic (exact) mass is 416 g/mol. The standard InChI is InChI=1S/C24H24N4OS/c1-15-6-11-21-22(13-15)30-24(28-21)18-7-9-20(10-8-18)27-23(29)17(3)26-16(2)19-5-4-12-25-14-19/h4-14,16-17,26H,1-3H3,(H,27,29). The maximum atomic E-state index is 12.6. The van der Waals surface area contributed by atoms with Gasteiger partial charge in [-0.2, -0.15) is 0 Å². The molecule has 0 saturated carbocycles. The number of nitrogens with zero attached hydrogens (tertiary/aromatic N) is 2. The van der Waals surface area contributed by atoms with Gasteiger partial charge in [-0.05, 0) is 74.4 Å². The number of benzene rings is 2. The van der Waals surface area contributed by atoms with Gasteiger partial charge in [-0.25, -0.2) is 4.98 Å². The van der Waals surface area contributed by atoms with Gasteiger partial charge in [0, 0.05) is 29.7 Å². The number of amides is 1.